The van der Waals surface area contributed by atoms with Crippen molar-refractivity contribution in [3.05, 3.63) is 65.3 Å². The van der Waals surface area contributed by atoms with Crippen LogP contribution in [0.1, 0.15) is 17.3 Å². The minimum absolute atomic E-state index is 0.0544. The molecule has 4 nitrogen and oxygen atoms in total. The number of hydrogen-bond acceptors (Lipinski definition) is 3. The highest BCUT2D eigenvalue weighted by Crippen LogP contribution is 2.26. The summed E-state index contributed by atoms with van der Waals surface area (Å²) in [6, 6.07) is 15.0. The molecule has 0 spiro atoms. The first-order valence-corrected chi connectivity index (χ1v) is 6.81. The summed E-state index contributed by atoms with van der Waals surface area (Å²) >= 11 is 6.17. The Morgan fingerprint density at radius 2 is 1.90 bits per heavy atom. The standard InChI is InChI=1S/C16H12ClN3O/c1-11(21)14-8-7-12(9-15(14)17)16-10-18-19-20(16)13-5-3-2-4-6-13/h2-10H,1H3. The second kappa shape index (κ2) is 5.50. The summed E-state index contributed by atoms with van der Waals surface area (Å²) in [5, 5.41) is 8.50. The van der Waals surface area contributed by atoms with E-state index in [9.17, 15) is 4.79 Å². The Morgan fingerprint density at radius 1 is 1.14 bits per heavy atom. The molecule has 3 rings (SSSR count). The highest BCUT2D eigenvalue weighted by Gasteiger charge is 2.12. The van der Waals surface area contributed by atoms with E-state index in [2.05, 4.69) is 10.3 Å². The molecule has 5 heteroatoms. The van der Waals surface area contributed by atoms with Crippen molar-refractivity contribution in [2.24, 2.45) is 0 Å². The molecule has 2 aromatic carbocycles. The van der Waals surface area contributed by atoms with Gasteiger partial charge in [0.15, 0.2) is 5.78 Å². The van der Waals surface area contributed by atoms with E-state index >= 15 is 0 Å². The van der Waals surface area contributed by atoms with E-state index in [1.807, 2.05) is 36.4 Å². The van der Waals surface area contributed by atoms with Gasteiger partial charge in [0.2, 0.25) is 0 Å². The summed E-state index contributed by atoms with van der Waals surface area (Å²) in [4.78, 5) is 11.4. The highest BCUT2D eigenvalue weighted by atomic mass is 35.5. The molecule has 0 unspecified atom stereocenters. The Morgan fingerprint density at radius 3 is 2.57 bits per heavy atom. The summed E-state index contributed by atoms with van der Waals surface area (Å²) in [5.41, 5.74) is 3.10. The predicted octanol–water partition coefficient (Wildman–Crippen LogP) is 3.79. The molecular weight excluding hydrogens is 286 g/mol. The molecule has 21 heavy (non-hydrogen) atoms. The van der Waals surface area contributed by atoms with Gasteiger partial charge in [-0.05, 0) is 31.2 Å². The molecule has 1 aromatic heterocycles. The fourth-order valence-electron chi connectivity index (χ4n) is 2.15. The molecule has 0 saturated heterocycles. The van der Waals surface area contributed by atoms with Gasteiger partial charge in [0.05, 0.1) is 22.6 Å². The maximum Gasteiger partial charge on any atom is 0.161 e. The number of nitrogens with zero attached hydrogens (tertiary/aromatic N) is 3. The first-order valence-electron chi connectivity index (χ1n) is 6.44. The van der Waals surface area contributed by atoms with Crippen LogP contribution in [0.25, 0.3) is 16.9 Å². The quantitative estimate of drug-likeness (QED) is 0.691. The SMILES string of the molecule is CC(=O)c1ccc(-c2cnnn2-c2ccccc2)cc1Cl. The van der Waals surface area contributed by atoms with Gasteiger partial charge in [0.1, 0.15) is 0 Å². The third-order valence-corrected chi connectivity index (χ3v) is 3.51. The second-order valence-corrected chi connectivity index (χ2v) is 5.02. The average Bonchev–Trinajstić information content (AvgIpc) is 2.97. The zero-order chi connectivity index (χ0) is 14.8. The monoisotopic (exact) mass is 297 g/mol. The zero-order valence-corrected chi connectivity index (χ0v) is 12.1. The van der Waals surface area contributed by atoms with Crippen molar-refractivity contribution < 1.29 is 4.79 Å². The molecule has 0 amide bonds. The number of carbonyl (C=O) groups excluding carboxylic acids is 1. The zero-order valence-electron chi connectivity index (χ0n) is 11.3. The molecule has 0 radical (unpaired) electrons. The van der Waals surface area contributed by atoms with E-state index < -0.39 is 0 Å². The normalized spacial score (nSPS) is 10.6. The van der Waals surface area contributed by atoms with Crippen LogP contribution in [0.5, 0.6) is 0 Å². The van der Waals surface area contributed by atoms with Gasteiger partial charge in [-0.1, -0.05) is 41.1 Å². The van der Waals surface area contributed by atoms with Gasteiger partial charge >= 0.3 is 0 Å². The van der Waals surface area contributed by atoms with Crippen molar-refractivity contribution in [3.63, 3.8) is 0 Å². The van der Waals surface area contributed by atoms with E-state index in [4.69, 9.17) is 11.6 Å². The molecule has 0 aliphatic heterocycles. The lowest BCUT2D eigenvalue weighted by Gasteiger charge is -2.07. The number of ketones is 1. The Balaban J connectivity index is 2.09. The molecule has 1 heterocycles. The van der Waals surface area contributed by atoms with E-state index in [-0.39, 0.29) is 5.78 Å². The molecule has 0 aliphatic rings. The lowest BCUT2D eigenvalue weighted by molar-refractivity contribution is 0.101. The fourth-order valence-corrected chi connectivity index (χ4v) is 2.47. The van der Waals surface area contributed by atoms with E-state index in [1.165, 1.54) is 6.92 Å². The van der Waals surface area contributed by atoms with Crippen molar-refractivity contribution >= 4 is 17.4 Å². The maximum absolute atomic E-state index is 11.4. The van der Waals surface area contributed by atoms with Crippen molar-refractivity contribution in [3.8, 4) is 16.9 Å². The number of benzene rings is 2. The van der Waals surface area contributed by atoms with Gasteiger partial charge in [-0.3, -0.25) is 4.79 Å². The third-order valence-electron chi connectivity index (χ3n) is 3.19. The third kappa shape index (κ3) is 2.58. The van der Waals surface area contributed by atoms with Gasteiger partial charge in [-0.25, -0.2) is 4.68 Å². The van der Waals surface area contributed by atoms with Crippen molar-refractivity contribution in [1.82, 2.24) is 15.0 Å². The summed E-state index contributed by atoms with van der Waals surface area (Å²) < 4.78 is 1.74. The molecule has 3 aromatic rings. The van der Waals surface area contributed by atoms with Crippen LogP contribution in [0, 0.1) is 0 Å². The van der Waals surface area contributed by atoms with Gasteiger partial charge in [-0.2, -0.15) is 0 Å². The molecule has 0 saturated carbocycles. The number of halogens is 1. The highest BCUT2D eigenvalue weighted by molar-refractivity contribution is 6.34. The summed E-state index contributed by atoms with van der Waals surface area (Å²) in [6.07, 6.45) is 1.67. The van der Waals surface area contributed by atoms with E-state index in [0.29, 0.717) is 10.6 Å². The molecular formula is C16H12ClN3O. The Bertz CT molecular complexity index is 796. The lowest BCUT2D eigenvalue weighted by atomic mass is 10.1. The van der Waals surface area contributed by atoms with Crippen LogP contribution in [0.3, 0.4) is 0 Å². The van der Waals surface area contributed by atoms with Crippen molar-refractivity contribution in [1.29, 1.82) is 0 Å². The van der Waals surface area contributed by atoms with Crippen LogP contribution in [-0.4, -0.2) is 20.8 Å². The van der Waals surface area contributed by atoms with Crippen LogP contribution in [-0.2, 0) is 0 Å². The maximum atomic E-state index is 11.4. The minimum Gasteiger partial charge on any atom is -0.294 e. The fraction of sp³-hybridized carbons (Fsp3) is 0.0625. The first-order chi connectivity index (χ1) is 10.2. The van der Waals surface area contributed by atoms with Gasteiger partial charge in [0, 0.05) is 11.1 Å². The smallest absolute Gasteiger partial charge is 0.161 e. The van der Waals surface area contributed by atoms with Crippen LogP contribution in [0.15, 0.2) is 54.7 Å². The van der Waals surface area contributed by atoms with E-state index in [0.717, 1.165) is 16.9 Å². The molecule has 0 bridgehead atoms. The molecule has 0 atom stereocenters. The summed E-state index contributed by atoms with van der Waals surface area (Å²) in [5.74, 6) is -0.0544. The Kier molecular flexibility index (Phi) is 3.54. The van der Waals surface area contributed by atoms with E-state index in [1.54, 1.807) is 23.0 Å². The number of carbonyl (C=O) groups is 1. The van der Waals surface area contributed by atoms with Crippen LogP contribution in [0.2, 0.25) is 5.02 Å². The van der Waals surface area contributed by atoms with Crippen LogP contribution >= 0.6 is 11.6 Å². The number of para-hydroxylation sites is 1. The summed E-state index contributed by atoms with van der Waals surface area (Å²) in [6.45, 7) is 1.50. The van der Waals surface area contributed by atoms with Crippen molar-refractivity contribution in [2.75, 3.05) is 0 Å². The summed E-state index contributed by atoms with van der Waals surface area (Å²) in [7, 11) is 0. The minimum atomic E-state index is -0.0544. The number of Topliss-reactive ketones (excluding diaryl/α,β-unsaturated/α-hetero) is 1. The topological polar surface area (TPSA) is 47.8 Å². The Hall–Kier alpha value is -2.46. The average molecular weight is 298 g/mol. The number of rotatable bonds is 3. The molecule has 0 N–H and O–H groups in total. The largest absolute Gasteiger partial charge is 0.294 e. The Labute approximate surface area is 127 Å². The van der Waals surface area contributed by atoms with Gasteiger partial charge in [0.25, 0.3) is 0 Å². The van der Waals surface area contributed by atoms with Crippen molar-refractivity contribution in [2.45, 2.75) is 6.92 Å². The number of hydrogen-bond donors (Lipinski definition) is 0. The first kappa shape index (κ1) is 13.5. The second-order valence-electron chi connectivity index (χ2n) is 4.62. The van der Waals surface area contributed by atoms with Gasteiger partial charge < -0.3 is 0 Å². The lowest BCUT2D eigenvalue weighted by Crippen LogP contribution is -1.99. The van der Waals surface area contributed by atoms with Crippen LogP contribution < -0.4 is 0 Å². The molecule has 0 aliphatic carbocycles. The molecule has 0 fully saturated rings. The number of aromatic nitrogens is 3. The molecule has 104 valence electrons. The van der Waals surface area contributed by atoms with Gasteiger partial charge in [-0.15, -0.1) is 5.10 Å². The van der Waals surface area contributed by atoms with Crippen LogP contribution in [0.4, 0.5) is 0 Å². The predicted molar refractivity (Wildman–Crippen MR) is 81.8 cm³/mol.